The summed E-state index contributed by atoms with van der Waals surface area (Å²) in [5, 5.41) is 12.4. The van der Waals surface area contributed by atoms with Crippen molar-refractivity contribution in [2.24, 2.45) is 5.92 Å². The summed E-state index contributed by atoms with van der Waals surface area (Å²) in [4.78, 5) is 31.8. The molecule has 8 nitrogen and oxygen atoms in total. The predicted molar refractivity (Wildman–Crippen MR) is 173 cm³/mol. The van der Waals surface area contributed by atoms with Gasteiger partial charge in [0.2, 0.25) is 11.8 Å². The van der Waals surface area contributed by atoms with Crippen LogP contribution in [-0.4, -0.2) is 103 Å². The summed E-state index contributed by atoms with van der Waals surface area (Å²) in [5.41, 5.74) is 3.45. The number of halogens is 1. The average Bonchev–Trinajstić information content (AvgIpc) is 3.01. The monoisotopic (exact) mass is 608 g/mol. The second-order valence-electron chi connectivity index (χ2n) is 12.9. The fourth-order valence-corrected chi connectivity index (χ4v) is 6.95. The van der Waals surface area contributed by atoms with Crippen LogP contribution in [0.25, 0.3) is 0 Å². The lowest BCUT2D eigenvalue weighted by Gasteiger charge is -2.47. The lowest BCUT2D eigenvalue weighted by molar-refractivity contribution is -0.144. The molecule has 0 bridgehead atoms. The Morgan fingerprint density at radius 1 is 1.00 bits per heavy atom. The van der Waals surface area contributed by atoms with E-state index in [-0.39, 0.29) is 17.9 Å². The Kier molecular flexibility index (Phi) is 11.1. The van der Waals surface area contributed by atoms with Gasteiger partial charge < -0.3 is 20.4 Å². The third kappa shape index (κ3) is 8.58. The molecule has 2 aromatic rings. The number of amides is 2. The zero-order chi connectivity index (χ0) is 30.3. The summed E-state index contributed by atoms with van der Waals surface area (Å²) >= 11 is 6.14. The van der Waals surface area contributed by atoms with Crippen molar-refractivity contribution in [1.82, 2.24) is 30.5 Å². The van der Waals surface area contributed by atoms with E-state index >= 15 is 0 Å². The second-order valence-corrected chi connectivity index (χ2v) is 13.4. The molecule has 2 fully saturated rings. The van der Waals surface area contributed by atoms with E-state index in [1.54, 1.807) is 0 Å². The topological polar surface area (TPSA) is 71.2 Å². The quantitative estimate of drug-likeness (QED) is 0.428. The van der Waals surface area contributed by atoms with Gasteiger partial charge in [-0.15, -0.1) is 0 Å². The number of hydrogen-bond donors (Lipinski definition) is 2. The number of likely N-dealkylation sites (tertiary alicyclic amines) is 1. The molecule has 0 radical (unpaired) electrons. The Hall–Kier alpha value is -2.49. The Morgan fingerprint density at radius 3 is 2.40 bits per heavy atom. The standard InChI is InChI=1S/C34H49ClN6O2/c1-25(2)24-41(29-13-16-38(3)17-14-29)40-20-18-39(19-21-40)34(43)32(22-26-8-10-28(35)11-9-26)37-33(42)23-31-30-7-5-4-6-27(30)12-15-36-31/h4-11,25,29,31-32,36H,12-24H2,1-3H3,(H,37,42)/t31-,32-/m1/s1. The molecule has 9 heteroatoms. The van der Waals surface area contributed by atoms with Crippen molar-refractivity contribution in [3.63, 3.8) is 0 Å². The van der Waals surface area contributed by atoms with Gasteiger partial charge in [-0.25, -0.2) is 10.0 Å². The number of benzene rings is 2. The minimum atomic E-state index is -0.625. The summed E-state index contributed by atoms with van der Waals surface area (Å²) in [6.07, 6.45) is 4.06. The van der Waals surface area contributed by atoms with Crippen LogP contribution in [0.4, 0.5) is 0 Å². The van der Waals surface area contributed by atoms with Gasteiger partial charge in [-0.3, -0.25) is 9.59 Å². The van der Waals surface area contributed by atoms with Crippen molar-refractivity contribution in [1.29, 1.82) is 0 Å². The van der Waals surface area contributed by atoms with Gasteiger partial charge in [0, 0.05) is 62.7 Å². The molecule has 0 spiro atoms. The van der Waals surface area contributed by atoms with Gasteiger partial charge in [0.1, 0.15) is 6.04 Å². The molecule has 0 aromatic heterocycles. The molecule has 3 heterocycles. The van der Waals surface area contributed by atoms with E-state index in [0.29, 0.717) is 42.9 Å². The van der Waals surface area contributed by atoms with Crippen LogP contribution in [0, 0.1) is 5.92 Å². The zero-order valence-corrected chi connectivity index (χ0v) is 26.9. The van der Waals surface area contributed by atoms with Crippen molar-refractivity contribution in [2.75, 3.05) is 59.4 Å². The Morgan fingerprint density at radius 2 is 1.70 bits per heavy atom. The largest absolute Gasteiger partial charge is 0.344 e. The molecule has 0 unspecified atom stereocenters. The molecule has 43 heavy (non-hydrogen) atoms. The van der Waals surface area contributed by atoms with E-state index in [9.17, 15) is 9.59 Å². The van der Waals surface area contributed by atoms with Crippen LogP contribution in [0.2, 0.25) is 5.02 Å². The van der Waals surface area contributed by atoms with Crippen molar-refractivity contribution >= 4 is 23.4 Å². The third-order valence-corrected chi connectivity index (χ3v) is 9.44. The minimum Gasteiger partial charge on any atom is -0.344 e. The number of rotatable bonds is 10. The average molecular weight is 609 g/mol. The van der Waals surface area contributed by atoms with Crippen LogP contribution in [0.3, 0.4) is 0 Å². The number of piperazine rings is 1. The second kappa shape index (κ2) is 15.0. The molecule has 2 atom stereocenters. The van der Waals surface area contributed by atoms with Gasteiger partial charge in [-0.2, -0.15) is 0 Å². The first-order chi connectivity index (χ1) is 20.8. The molecule has 2 saturated heterocycles. The first-order valence-electron chi connectivity index (χ1n) is 16.1. The minimum absolute atomic E-state index is 0.00495. The molecule has 3 aliphatic heterocycles. The fourth-order valence-electron chi connectivity index (χ4n) is 6.83. The molecule has 2 N–H and O–H groups in total. The first kappa shape index (κ1) is 31.9. The fraction of sp³-hybridized carbons (Fsp3) is 0.588. The zero-order valence-electron chi connectivity index (χ0n) is 26.1. The number of nitrogens with zero attached hydrogens (tertiary/aromatic N) is 4. The van der Waals surface area contributed by atoms with E-state index in [2.05, 4.69) is 64.6 Å². The van der Waals surface area contributed by atoms with Crippen LogP contribution in [0.15, 0.2) is 48.5 Å². The van der Waals surface area contributed by atoms with Crippen LogP contribution >= 0.6 is 11.6 Å². The van der Waals surface area contributed by atoms with Gasteiger partial charge in [-0.05, 0) is 80.7 Å². The number of hydrazine groups is 1. The van der Waals surface area contributed by atoms with Gasteiger partial charge in [0.15, 0.2) is 0 Å². The van der Waals surface area contributed by atoms with E-state index in [1.807, 2.05) is 35.2 Å². The first-order valence-corrected chi connectivity index (χ1v) is 16.5. The highest BCUT2D eigenvalue weighted by Crippen LogP contribution is 2.26. The van der Waals surface area contributed by atoms with Crippen LogP contribution in [-0.2, 0) is 22.4 Å². The molecule has 0 saturated carbocycles. The smallest absolute Gasteiger partial charge is 0.245 e. The van der Waals surface area contributed by atoms with E-state index in [4.69, 9.17) is 11.6 Å². The molecular weight excluding hydrogens is 560 g/mol. The van der Waals surface area contributed by atoms with Crippen molar-refractivity contribution < 1.29 is 9.59 Å². The highest BCUT2D eigenvalue weighted by atomic mass is 35.5. The maximum Gasteiger partial charge on any atom is 0.245 e. The van der Waals surface area contributed by atoms with Crippen molar-refractivity contribution in [3.05, 3.63) is 70.2 Å². The summed E-state index contributed by atoms with van der Waals surface area (Å²) in [6.45, 7) is 11.7. The maximum absolute atomic E-state index is 14.0. The lowest BCUT2D eigenvalue weighted by Crippen LogP contribution is -2.61. The molecule has 5 rings (SSSR count). The molecule has 2 amide bonds. The van der Waals surface area contributed by atoms with Gasteiger partial charge in [-0.1, -0.05) is 61.8 Å². The number of piperidine rings is 1. The van der Waals surface area contributed by atoms with Crippen molar-refractivity contribution in [3.8, 4) is 0 Å². The summed E-state index contributed by atoms with van der Waals surface area (Å²) < 4.78 is 0. The lowest BCUT2D eigenvalue weighted by atomic mass is 9.92. The van der Waals surface area contributed by atoms with Gasteiger partial charge in [0.25, 0.3) is 0 Å². The summed E-state index contributed by atoms with van der Waals surface area (Å²) in [5.74, 6) is 0.462. The number of carbonyl (C=O) groups excluding carboxylic acids is 2. The van der Waals surface area contributed by atoms with Crippen LogP contribution in [0.5, 0.6) is 0 Å². The third-order valence-electron chi connectivity index (χ3n) is 9.18. The van der Waals surface area contributed by atoms with Crippen molar-refractivity contribution in [2.45, 2.75) is 64.1 Å². The number of carbonyl (C=O) groups is 2. The molecule has 2 aromatic carbocycles. The predicted octanol–water partition coefficient (Wildman–Crippen LogP) is 3.76. The van der Waals surface area contributed by atoms with E-state index in [1.165, 1.54) is 24.0 Å². The summed E-state index contributed by atoms with van der Waals surface area (Å²) in [7, 11) is 2.21. The van der Waals surface area contributed by atoms with Gasteiger partial charge >= 0.3 is 0 Å². The Labute approximate surface area is 262 Å². The Bertz CT molecular complexity index is 1210. The molecule has 3 aliphatic rings. The SMILES string of the molecule is CC(C)CN(C1CCN(C)CC1)N1CCN(C(=O)[C@@H](Cc2ccc(Cl)cc2)NC(=O)C[C@H]2NCCc3ccccc32)CC1. The molecule has 234 valence electrons. The van der Waals surface area contributed by atoms with Gasteiger partial charge in [0.05, 0.1) is 0 Å². The van der Waals surface area contributed by atoms with E-state index < -0.39 is 6.04 Å². The highest BCUT2D eigenvalue weighted by molar-refractivity contribution is 6.30. The molecule has 0 aliphatic carbocycles. The normalized spacial score (nSPS) is 21.2. The number of fused-ring (bicyclic) bond motifs is 1. The Balaban J connectivity index is 1.24. The number of nitrogens with one attached hydrogen (secondary N) is 2. The summed E-state index contributed by atoms with van der Waals surface area (Å²) in [6, 6.07) is 15.8. The number of hydrogen-bond acceptors (Lipinski definition) is 6. The molecular formula is C34H49ClN6O2. The highest BCUT2D eigenvalue weighted by Gasteiger charge is 2.34. The van der Waals surface area contributed by atoms with E-state index in [0.717, 1.165) is 51.3 Å². The van der Waals surface area contributed by atoms with Crippen LogP contribution < -0.4 is 10.6 Å². The van der Waals surface area contributed by atoms with Crippen LogP contribution in [0.1, 0.15) is 55.8 Å². The maximum atomic E-state index is 14.0.